The second-order valence-corrected chi connectivity index (χ2v) is 9.33. The number of amides is 1. The Morgan fingerprint density at radius 3 is 2.68 bits per heavy atom. The largest absolute Gasteiger partial charge is 0.433 e. The topological polar surface area (TPSA) is 71.2 Å². The van der Waals surface area contributed by atoms with Gasteiger partial charge >= 0.3 is 6.18 Å². The fourth-order valence-corrected chi connectivity index (χ4v) is 5.39. The van der Waals surface area contributed by atoms with E-state index in [9.17, 15) is 23.1 Å². The monoisotopic (exact) mass is 510 g/mol. The molecule has 0 bridgehead atoms. The van der Waals surface area contributed by atoms with Crippen LogP contribution in [0.1, 0.15) is 41.0 Å². The highest BCUT2D eigenvalue weighted by Gasteiger charge is 2.39. The van der Waals surface area contributed by atoms with Crippen molar-refractivity contribution in [3.63, 3.8) is 0 Å². The van der Waals surface area contributed by atoms with E-state index in [1.165, 1.54) is 19.1 Å². The van der Waals surface area contributed by atoms with Crippen LogP contribution < -0.4 is 0 Å². The lowest BCUT2D eigenvalue weighted by Crippen LogP contribution is -2.35. The van der Waals surface area contributed by atoms with Crippen LogP contribution in [0.5, 0.6) is 0 Å². The number of hydrogen-bond donors (Lipinski definition) is 1. The normalized spacial score (nSPS) is 19.8. The summed E-state index contributed by atoms with van der Waals surface area (Å²) in [6.45, 7) is 2.05. The van der Waals surface area contributed by atoms with E-state index in [4.69, 9.17) is 23.2 Å². The fraction of sp³-hybridized carbons (Fsp3) is 0.348. The summed E-state index contributed by atoms with van der Waals surface area (Å²) in [6.07, 6.45) is -4.75. The highest BCUT2D eigenvalue weighted by molar-refractivity contribution is 6.35. The number of alkyl halides is 3. The van der Waals surface area contributed by atoms with Gasteiger partial charge < -0.3 is 10.0 Å². The van der Waals surface area contributed by atoms with Gasteiger partial charge in [-0.25, -0.2) is 4.98 Å². The summed E-state index contributed by atoms with van der Waals surface area (Å²) in [5, 5.41) is 16.5. The van der Waals surface area contributed by atoms with Crippen molar-refractivity contribution in [2.45, 2.75) is 44.6 Å². The van der Waals surface area contributed by atoms with E-state index in [0.717, 1.165) is 17.3 Å². The van der Waals surface area contributed by atoms with E-state index in [0.29, 0.717) is 40.6 Å². The van der Waals surface area contributed by atoms with Crippen molar-refractivity contribution in [3.05, 3.63) is 68.5 Å². The molecule has 5 rings (SSSR count). The molecule has 3 heterocycles. The van der Waals surface area contributed by atoms with Crippen LogP contribution in [0.15, 0.2) is 30.3 Å². The van der Waals surface area contributed by atoms with Gasteiger partial charge in [0.2, 0.25) is 5.91 Å². The van der Waals surface area contributed by atoms with E-state index in [-0.39, 0.29) is 23.8 Å². The summed E-state index contributed by atoms with van der Waals surface area (Å²) in [5.41, 5.74) is 2.09. The predicted molar refractivity (Wildman–Crippen MR) is 120 cm³/mol. The number of aliphatic hydroxyl groups is 1. The summed E-state index contributed by atoms with van der Waals surface area (Å²) in [7, 11) is 0. The molecule has 0 spiro atoms. The molecule has 6 nitrogen and oxygen atoms in total. The van der Waals surface area contributed by atoms with Crippen LogP contribution in [-0.2, 0) is 30.4 Å². The van der Waals surface area contributed by atoms with Crippen molar-refractivity contribution in [1.82, 2.24) is 19.7 Å². The molecule has 2 aromatic heterocycles. The Morgan fingerprint density at radius 2 is 1.97 bits per heavy atom. The molecule has 1 amide bonds. The molecule has 0 saturated heterocycles. The number of halogens is 5. The summed E-state index contributed by atoms with van der Waals surface area (Å²) >= 11 is 12.6. The SMILES string of the molecule is CC(=O)N1CCc2c(c(-c3cccc(C(F)(F)F)n3)nn2C2c3cc(Cl)cc(Cl)c3CC2O)C1. The molecule has 0 radical (unpaired) electrons. The first-order valence-corrected chi connectivity index (χ1v) is 11.4. The van der Waals surface area contributed by atoms with Crippen LogP contribution in [0, 0.1) is 0 Å². The Hall–Kier alpha value is -2.62. The number of hydrogen-bond acceptors (Lipinski definition) is 4. The lowest BCUT2D eigenvalue weighted by atomic mass is 10.0. The number of nitrogens with zero attached hydrogens (tertiary/aromatic N) is 4. The number of aliphatic hydroxyl groups excluding tert-OH is 1. The van der Waals surface area contributed by atoms with Gasteiger partial charge in [-0.05, 0) is 35.4 Å². The number of fused-ring (bicyclic) bond motifs is 2. The second kappa shape index (κ2) is 8.25. The lowest BCUT2D eigenvalue weighted by molar-refractivity contribution is -0.141. The number of pyridine rings is 1. The lowest BCUT2D eigenvalue weighted by Gasteiger charge is -2.28. The number of carbonyl (C=O) groups excluding carboxylic acids is 1. The molecule has 0 saturated carbocycles. The quantitative estimate of drug-likeness (QED) is 0.543. The molecular weight excluding hydrogens is 492 g/mol. The number of carbonyl (C=O) groups is 1. The van der Waals surface area contributed by atoms with Gasteiger partial charge in [-0.1, -0.05) is 29.3 Å². The van der Waals surface area contributed by atoms with Gasteiger partial charge in [0.1, 0.15) is 17.4 Å². The second-order valence-electron chi connectivity index (χ2n) is 8.49. The Bertz CT molecular complexity index is 1310. The summed E-state index contributed by atoms with van der Waals surface area (Å²) in [4.78, 5) is 17.5. The molecule has 1 aliphatic heterocycles. The summed E-state index contributed by atoms with van der Waals surface area (Å²) in [5.74, 6) is -0.147. The zero-order valence-corrected chi connectivity index (χ0v) is 19.4. The van der Waals surface area contributed by atoms with E-state index in [1.54, 1.807) is 21.7 Å². The maximum Gasteiger partial charge on any atom is 0.433 e. The molecule has 1 aromatic carbocycles. The Kier molecular flexibility index (Phi) is 5.61. The van der Waals surface area contributed by atoms with E-state index in [2.05, 4.69) is 10.1 Å². The molecule has 3 aromatic rings. The van der Waals surface area contributed by atoms with E-state index >= 15 is 0 Å². The van der Waals surface area contributed by atoms with Gasteiger partial charge in [-0.15, -0.1) is 0 Å². The third-order valence-corrected chi connectivity index (χ3v) is 6.92. The van der Waals surface area contributed by atoms with Crippen molar-refractivity contribution < 1.29 is 23.1 Å². The van der Waals surface area contributed by atoms with Crippen molar-refractivity contribution in [2.75, 3.05) is 6.54 Å². The van der Waals surface area contributed by atoms with Gasteiger partial charge in [0.25, 0.3) is 0 Å². The van der Waals surface area contributed by atoms with Crippen LogP contribution >= 0.6 is 23.2 Å². The van der Waals surface area contributed by atoms with Crippen LogP contribution in [-0.4, -0.2) is 43.3 Å². The summed E-state index contributed by atoms with van der Waals surface area (Å²) < 4.78 is 41.7. The van der Waals surface area contributed by atoms with Crippen LogP contribution in [0.3, 0.4) is 0 Å². The van der Waals surface area contributed by atoms with Gasteiger partial charge in [-0.2, -0.15) is 18.3 Å². The molecule has 34 heavy (non-hydrogen) atoms. The van der Waals surface area contributed by atoms with E-state index < -0.39 is 24.0 Å². The van der Waals surface area contributed by atoms with Gasteiger partial charge in [0, 0.05) is 54.2 Å². The van der Waals surface area contributed by atoms with Crippen molar-refractivity contribution in [3.8, 4) is 11.4 Å². The molecule has 11 heteroatoms. The number of aromatic nitrogens is 3. The first kappa shape index (κ1) is 23.1. The maximum atomic E-state index is 13.3. The molecule has 2 atom stereocenters. The van der Waals surface area contributed by atoms with Gasteiger partial charge in [-0.3, -0.25) is 9.48 Å². The fourth-order valence-electron chi connectivity index (χ4n) is 4.80. The van der Waals surface area contributed by atoms with Crippen LogP contribution in [0.2, 0.25) is 10.0 Å². The third kappa shape index (κ3) is 3.85. The van der Waals surface area contributed by atoms with Crippen LogP contribution in [0.4, 0.5) is 13.2 Å². The zero-order valence-electron chi connectivity index (χ0n) is 17.9. The average Bonchev–Trinajstić information content (AvgIpc) is 3.30. The van der Waals surface area contributed by atoms with Crippen LogP contribution in [0.25, 0.3) is 11.4 Å². The molecule has 2 aliphatic rings. The molecular formula is C23H19Cl2F3N4O2. The molecule has 2 unspecified atom stereocenters. The van der Waals surface area contributed by atoms with Crippen molar-refractivity contribution in [2.24, 2.45) is 0 Å². The minimum absolute atomic E-state index is 0.0482. The first-order valence-electron chi connectivity index (χ1n) is 10.6. The molecule has 1 N–H and O–H groups in total. The minimum Gasteiger partial charge on any atom is -0.390 e. The minimum atomic E-state index is -4.61. The van der Waals surface area contributed by atoms with Gasteiger partial charge in [0.15, 0.2) is 0 Å². The van der Waals surface area contributed by atoms with Gasteiger partial charge in [0.05, 0.1) is 11.8 Å². The highest BCUT2D eigenvalue weighted by atomic mass is 35.5. The van der Waals surface area contributed by atoms with Crippen molar-refractivity contribution in [1.29, 1.82) is 0 Å². The van der Waals surface area contributed by atoms with Crippen molar-refractivity contribution >= 4 is 29.1 Å². The highest BCUT2D eigenvalue weighted by Crippen LogP contribution is 2.43. The Balaban J connectivity index is 1.69. The molecule has 178 valence electrons. The third-order valence-electron chi connectivity index (χ3n) is 6.37. The average molecular weight is 511 g/mol. The predicted octanol–water partition coefficient (Wildman–Crippen LogP) is 4.68. The Labute approximate surface area is 202 Å². The summed E-state index contributed by atoms with van der Waals surface area (Å²) in [6, 6.07) is 6.35. The smallest absolute Gasteiger partial charge is 0.390 e. The zero-order chi connectivity index (χ0) is 24.4. The van der Waals surface area contributed by atoms with E-state index in [1.807, 2.05) is 0 Å². The molecule has 0 fully saturated rings. The first-order chi connectivity index (χ1) is 16.0. The standard InChI is InChI=1S/C23H19Cl2F3N4O2/c1-11(33)31-6-5-18-15(10-31)21(17-3-2-4-20(29-17)23(26,27)28)30-32(18)22-14-7-12(24)8-16(25)13(14)9-19(22)34/h2-4,7-8,19,22,34H,5-6,9-10H2,1H3. The number of benzene rings is 1. The maximum absolute atomic E-state index is 13.3. The number of rotatable bonds is 2. The Morgan fingerprint density at radius 1 is 1.21 bits per heavy atom. The molecule has 1 aliphatic carbocycles.